The Morgan fingerprint density at radius 3 is 3.00 bits per heavy atom. The monoisotopic (exact) mass is 237 g/mol. The van der Waals surface area contributed by atoms with Crippen LogP contribution in [-0.2, 0) is 4.79 Å². The first-order chi connectivity index (χ1) is 8.14. The van der Waals surface area contributed by atoms with E-state index < -0.39 is 0 Å². The average molecular weight is 237 g/mol. The van der Waals surface area contributed by atoms with Gasteiger partial charge in [-0.3, -0.25) is 4.79 Å². The fourth-order valence-corrected chi connectivity index (χ4v) is 3.03. The summed E-state index contributed by atoms with van der Waals surface area (Å²) in [6.07, 6.45) is 10.2. The molecule has 2 N–H and O–H groups in total. The molecule has 0 aliphatic heterocycles. The first kappa shape index (κ1) is 12.6. The number of carbonyl (C=O) groups excluding carboxylic acids is 1. The van der Waals surface area contributed by atoms with E-state index in [4.69, 9.17) is 0 Å². The molecule has 1 fully saturated rings. The van der Waals surface area contributed by atoms with Crippen molar-refractivity contribution in [1.82, 2.24) is 5.32 Å². The van der Waals surface area contributed by atoms with E-state index in [1.54, 1.807) is 0 Å². The maximum atomic E-state index is 11.9. The first-order valence-corrected chi connectivity index (χ1v) is 6.71. The molecule has 0 radical (unpaired) electrons. The van der Waals surface area contributed by atoms with Gasteiger partial charge < -0.3 is 10.4 Å². The third-order valence-corrected chi connectivity index (χ3v) is 4.34. The standard InChI is InChI=1S/C14H23NO2/c1-14(10-16)8-4-7-12(14)15-13(17)9-11-5-2-3-6-11/h2,5,11-12,16H,3-4,6-10H2,1H3,(H,15,17)/t11-,12+,14+/m0/s1. The van der Waals surface area contributed by atoms with Crippen LogP contribution in [0.1, 0.15) is 45.4 Å². The smallest absolute Gasteiger partial charge is 0.220 e. The molecule has 0 spiro atoms. The Morgan fingerprint density at radius 1 is 1.53 bits per heavy atom. The third kappa shape index (κ3) is 2.89. The molecule has 2 rings (SSSR count). The highest BCUT2D eigenvalue weighted by atomic mass is 16.3. The summed E-state index contributed by atoms with van der Waals surface area (Å²) in [6, 6.07) is 0.158. The molecule has 0 unspecified atom stereocenters. The van der Waals surface area contributed by atoms with Crippen LogP contribution in [0.25, 0.3) is 0 Å². The van der Waals surface area contributed by atoms with Crippen molar-refractivity contribution in [1.29, 1.82) is 0 Å². The largest absolute Gasteiger partial charge is 0.396 e. The Hall–Kier alpha value is -0.830. The van der Waals surface area contributed by atoms with E-state index in [9.17, 15) is 9.90 Å². The summed E-state index contributed by atoms with van der Waals surface area (Å²) in [5.41, 5.74) is -0.110. The van der Waals surface area contributed by atoms with Gasteiger partial charge in [0.25, 0.3) is 0 Å². The predicted octanol–water partition coefficient (Wildman–Crippen LogP) is 2.01. The van der Waals surface area contributed by atoms with Gasteiger partial charge in [0.1, 0.15) is 0 Å². The summed E-state index contributed by atoms with van der Waals surface area (Å²) >= 11 is 0. The minimum atomic E-state index is -0.110. The van der Waals surface area contributed by atoms with E-state index in [0.717, 1.165) is 32.1 Å². The van der Waals surface area contributed by atoms with Crippen LogP contribution in [0, 0.1) is 11.3 Å². The van der Waals surface area contributed by atoms with E-state index in [1.165, 1.54) is 0 Å². The molecule has 96 valence electrons. The van der Waals surface area contributed by atoms with Gasteiger partial charge in [0, 0.05) is 17.9 Å². The van der Waals surface area contributed by atoms with E-state index in [2.05, 4.69) is 24.4 Å². The summed E-state index contributed by atoms with van der Waals surface area (Å²) in [4.78, 5) is 11.9. The molecule has 0 heterocycles. The summed E-state index contributed by atoms with van der Waals surface area (Å²) in [7, 11) is 0. The lowest BCUT2D eigenvalue weighted by molar-refractivity contribution is -0.123. The fourth-order valence-electron chi connectivity index (χ4n) is 3.03. The maximum Gasteiger partial charge on any atom is 0.220 e. The Balaban J connectivity index is 1.83. The van der Waals surface area contributed by atoms with E-state index >= 15 is 0 Å². The zero-order chi connectivity index (χ0) is 12.3. The normalized spacial score (nSPS) is 36.4. The lowest BCUT2D eigenvalue weighted by Gasteiger charge is -2.30. The van der Waals surface area contributed by atoms with Crippen LogP contribution in [0.3, 0.4) is 0 Å². The minimum Gasteiger partial charge on any atom is -0.396 e. The summed E-state index contributed by atoms with van der Waals surface area (Å²) in [5, 5.41) is 12.5. The van der Waals surface area contributed by atoms with Crippen LogP contribution in [0.4, 0.5) is 0 Å². The van der Waals surface area contributed by atoms with Crippen LogP contribution in [0.15, 0.2) is 12.2 Å². The zero-order valence-electron chi connectivity index (χ0n) is 10.6. The lowest BCUT2D eigenvalue weighted by Crippen LogP contribution is -2.45. The lowest BCUT2D eigenvalue weighted by atomic mass is 9.85. The van der Waals surface area contributed by atoms with E-state index in [-0.39, 0.29) is 24.0 Å². The highest BCUT2D eigenvalue weighted by Crippen LogP contribution is 2.37. The molecule has 0 bridgehead atoms. The Kier molecular flexibility index (Phi) is 3.87. The van der Waals surface area contributed by atoms with Crippen LogP contribution < -0.4 is 5.32 Å². The Labute approximate surface area is 103 Å². The highest BCUT2D eigenvalue weighted by Gasteiger charge is 2.39. The molecular weight excluding hydrogens is 214 g/mol. The molecule has 1 saturated carbocycles. The molecule has 3 heteroatoms. The molecule has 2 aliphatic rings. The van der Waals surface area contributed by atoms with Gasteiger partial charge in [-0.15, -0.1) is 0 Å². The Morgan fingerprint density at radius 2 is 2.35 bits per heavy atom. The molecule has 0 aromatic rings. The third-order valence-electron chi connectivity index (χ3n) is 4.34. The molecule has 0 aromatic carbocycles. The van der Waals surface area contributed by atoms with Crippen LogP contribution in [0.2, 0.25) is 0 Å². The number of nitrogens with one attached hydrogen (secondary N) is 1. The Bertz CT molecular complexity index is 313. The number of amides is 1. The van der Waals surface area contributed by atoms with Gasteiger partial charge in [0.2, 0.25) is 5.91 Å². The van der Waals surface area contributed by atoms with Crippen molar-refractivity contribution in [2.24, 2.45) is 11.3 Å². The number of carbonyl (C=O) groups is 1. The number of aliphatic hydroxyl groups excluding tert-OH is 1. The predicted molar refractivity (Wildman–Crippen MR) is 67.5 cm³/mol. The number of hydrogen-bond acceptors (Lipinski definition) is 2. The summed E-state index contributed by atoms with van der Waals surface area (Å²) in [6.45, 7) is 2.24. The molecule has 0 aromatic heterocycles. The molecule has 1 amide bonds. The zero-order valence-corrected chi connectivity index (χ0v) is 10.6. The van der Waals surface area contributed by atoms with Gasteiger partial charge in [-0.1, -0.05) is 25.5 Å². The van der Waals surface area contributed by atoms with Gasteiger partial charge in [0.05, 0.1) is 6.61 Å². The quantitative estimate of drug-likeness (QED) is 0.735. The number of aliphatic hydroxyl groups is 1. The fraction of sp³-hybridized carbons (Fsp3) is 0.786. The van der Waals surface area contributed by atoms with Crippen LogP contribution >= 0.6 is 0 Å². The van der Waals surface area contributed by atoms with E-state index in [1.807, 2.05) is 0 Å². The van der Waals surface area contributed by atoms with Crippen molar-refractivity contribution in [2.45, 2.75) is 51.5 Å². The molecule has 3 atom stereocenters. The van der Waals surface area contributed by atoms with Crippen molar-refractivity contribution in [3.8, 4) is 0 Å². The molecule has 3 nitrogen and oxygen atoms in total. The first-order valence-electron chi connectivity index (χ1n) is 6.71. The van der Waals surface area contributed by atoms with Gasteiger partial charge in [-0.05, 0) is 31.6 Å². The number of rotatable bonds is 4. The van der Waals surface area contributed by atoms with Crippen molar-refractivity contribution < 1.29 is 9.90 Å². The summed E-state index contributed by atoms with van der Waals surface area (Å²) < 4.78 is 0. The number of hydrogen-bond donors (Lipinski definition) is 2. The minimum absolute atomic E-state index is 0.110. The second kappa shape index (κ2) is 5.21. The van der Waals surface area contributed by atoms with Crippen LogP contribution in [0.5, 0.6) is 0 Å². The maximum absolute atomic E-state index is 11.9. The van der Waals surface area contributed by atoms with Gasteiger partial charge in [-0.25, -0.2) is 0 Å². The SMILES string of the molecule is C[C@]1(CO)CCC[C@H]1NC(=O)C[C@H]1C=CCC1. The van der Waals surface area contributed by atoms with Crippen molar-refractivity contribution in [2.75, 3.05) is 6.61 Å². The molecule has 2 aliphatic carbocycles. The van der Waals surface area contributed by atoms with Crippen molar-refractivity contribution >= 4 is 5.91 Å². The van der Waals surface area contributed by atoms with Gasteiger partial charge >= 0.3 is 0 Å². The molecule has 0 saturated heterocycles. The van der Waals surface area contributed by atoms with Gasteiger partial charge in [-0.2, -0.15) is 0 Å². The summed E-state index contributed by atoms with van der Waals surface area (Å²) in [5.74, 6) is 0.574. The van der Waals surface area contributed by atoms with Crippen molar-refractivity contribution in [3.63, 3.8) is 0 Å². The second-order valence-electron chi connectivity index (χ2n) is 5.79. The van der Waals surface area contributed by atoms with E-state index in [0.29, 0.717) is 12.3 Å². The highest BCUT2D eigenvalue weighted by molar-refractivity contribution is 5.77. The van der Waals surface area contributed by atoms with Crippen molar-refractivity contribution in [3.05, 3.63) is 12.2 Å². The number of allylic oxidation sites excluding steroid dienone is 2. The topological polar surface area (TPSA) is 49.3 Å². The second-order valence-corrected chi connectivity index (χ2v) is 5.79. The average Bonchev–Trinajstić information content (AvgIpc) is 2.91. The molecule has 17 heavy (non-hydrogen) atoms. The molecular formula is C14H23NO2. The van der Waals surface area contributed by atoms with Crippen LogP contribution in [-0.4, -0.2) is 23.7 Å². The van der Waals surface area contributed by atoms with Gasteiger partial charge in [0.15, 0.2) is 0 Å².